The van der Waals surface area contributed by atoms with Gasteiger partial charge >= 0.3 is 0 Å². The van der Waals surface area contributed by atoms with Gasteiger partial charge in [0.25, 0.3) is 0 Å². The van der Waals surface area contributed by atoms with E-state index < -0.39 is 6.04 Å². The van der Waals surface area contributed by atoms with Crippen LogP contribution < -0.4 is 10.6 Å². The normalized spacial score (nSPS) is 23.2. The van der Waals surface area contributed by atoms with E-state index in [1.165, 1.54) is 37.1 Å². The van der Waals surface area contributed by atoms with E-state index in [-0.39, 0.29) is 22.9 Å². The summed E-state index contributed by atoms with van der Waals surface area (Å²) >= 11 is 1.41. The summed E-state index contributed by atoms with van der Waals surface area (Å²) in [4.78, 5) is 24.6. The summed E-state index contributed by atoms with van der Waals surface area (Å²) in [6.07, 6.45) is 7.57. The van der Waals surface area contributed by atoms with Gasteiger partial charge in [-0.15, -0.1) is 11.8 Å². The molecule has 1 saturated heterocycles. The summed E-state index contributed by atoms with van der Waals surface area (Å²) in [5.41, 5.74) is 0.524. The lowest BCUT2D eigenvalue weighted by Gasteiger charge is -2.28. The summed E-state index contributed by atoms with van der Waals surface area (Å²) in [7, 11) is 0. The van der Waals surface area contributed by atoms with Crippen molar-refractivity contribution in [3.63, 3.8) is 0 Å². The molecular formula is C21H29FN2O3S. The van der Waals surface area contributed by atoms with Crippen LogP contribution in [0.25, 0.3) is 0 Å². The molecule has 1 aromatic carbocycles. The molecule has 0 spiro atoms. The van der Waals surface area contributed by atoms with Crippen molar-refractivity contribution in [1.82, 2.24) is 10.6 Å². The smallest absolute Gasteiger partial charge is 0.243 e. The van der Waals surface area contributed by atoms with Gasteiger partial charge in [0.2, 0.25) is 11.8 Å². The Morgan fingerprint density at radius 1 is 1.25 bits per heavy atom. The van der Waals surface area contributed by atoms with Crippen molar-refractivity contribution < 1.29 is 18.7 Å². The third kappa shape index (κ3) is 6.21. The summed E-state index contributed by atoms with van der Waals surface area (Å²) in [5, 5.41) is 5.28. The van der Waals surface area contributed by atoms with Crippen LogP contribution in [0.5, 0.6) is 0 Å². The molecule has 2 aliphatic rings. The average Bonchev–Trinajstić information content (AvgIpc) is 2.71. The maximum absolute atomic E-state index is 13.8. The summed E-state index contributed by atoms with van der Waals surface area (Å²) in [6, 6.07) is 5.95. The third-order valence-electron chi connectivity index (χ3n) is 5.28. The molecule has 3 rings (SSSR count). The van der Waals surface area contributed by atoms with Gasteiger partial charge in [0.05, 0.1) is 11.4 Å². The molecule has 5 nitrogen and oxygen atoms in total. The third-order valence-corrected chi connectivity index (χ3v) is 6.59. The van der Waals surface area contributed by atoms with E-state index in [0.29, 0.717) is 37.0 Å². The quantitative estimate of drug-likeness (QED) is 0.649. The van der Waals surface area contributed by atoms with Crippen molar-refractivity contribution in [2.45, 2.75) is 62.3 Å². The molecule has 0 radical (unpaired) electrons. The van der Waals surface area contributed by atoms with Gasteiger partial charge in [0.15, 0.2) is 0 Å². The lowest BCUT2D eigenvalue weighted by atomic mass is 9.98. The molecule has 1 aromatic rings. The van der Waals surface area contributed by atoms with Crippen LogP contribution in [0.3, 0.4) is 0 Å². The van der Waals surface area contributed by atoms with Crippen molar-refractivity contribution in [2.24, 2.45) is 0 Å². The first-order valence-corrected chi connectivity index (χ1v) is 11.2. The molecule has 2 fully saturated rings. The van der Waals surface area contributed by atoms with Gasteiger partial charge in [-0.05, 0) is 37.3 Å². The van der Waals surface area contributed by atoms with Gasteiger partial charge in [0.1, 0.15) is 11.9 Å². The van der Waals surface area contributed by atoms with Crippen molar-refractivity contribution in [1.29, 1.82) is 0 Å². The minimum atomic E-state index is -0.534. The van der Waals surface area contributed by atoms with E-state index >= 15 is 0 Å². The number of rotatable bonds is 8. The van der Waals surface area contributed by atoms with Crippen molar-refractivity contribution in [3.05, 3.63) is 35.6 Å². The second-order valence-corrected chi connectivity index (χ2v) is 8.69. The number of benzene rings is 1. The van der Waals surface area contributed by atoms with E-state index in [1.807, 2.05) is 0 Å². The van der Waals surface area contributed by atoms with E-state index in [9.17, 15) is 14.0 Å². The van der Waals surface area contributed by atoms with E-state index in [0.717, 1.165) is 19.3 Å². The first kappa shape index (κ1) is 21.1. The molecule has 2 atom stereocenters. The summed E-state index contributed by atoms with van der Waals surface area (Å²) in [6.45, 7) is 1.20. The fourth-order valence-electron chi connectivity index (χ4n) is 3.64. The van der Waals surface area contributed by atoms with Gasteiger partial charge in [-0.1, -0.05) is 37.5 Å². The van der Waals surface area contributed by atoms with Gasteiger partial charge < -0.3 is 15.4 Å². The molecule has 0 unspecified atom stereocenters. The predicted molar refractivity (Wildman–Crippen MR) is 109 cm³/mol. The molecule has 7 heteroatoms. The van der Waals surface area contributed by atoms with Crippen LogP contribution in [0, 0.1) is 5.82 Å². The zero-order valence-electron chi connectivity index (χ0n) is 16.1. The molecule has 0 aromatic heterocycles. The number of thioether (sulfide) groups is 1. The fraction of sp³-hybridized carbons (Fsp3) is 0.619. The second-order valence-electron chi connectivity index (χ2n) is 7.45. The first-order chi connectivity index (χ1) is 13.6. The number of ether oxygens (including phenoxy) is 1. The number of nitrogens with one attached hydrogen (secondary N) is 2. The van der Waals surface area contributed by atoms with Crippen molar-refractivity contribution in [2.75, 3.05) is 18.9 Å². The number of hydrogen-bond acceptors (Lipinski definition) is 4. The molecule has 28 heavy (non-hydrogen) atoms. The highest BCUT2D eigenvalue weighted by Crippen LogP contribution is 2.23. The Kier molecular flexibility index (Phi) is 8.15. The van der Waals surface area contributed by atoms with Gasteiger partial charge in [-0.2, -0.15) is 0 Å². The number of carbonyl (C=O) groups is 2. The van der Waals surface area contributed by atoms with Crippen LogP contribution in [-0.2, 0) is 20.7 Å². The van der Waals surface area contributed by atoms with Crippen LogP contribution in [0.1, 0.15) is 44.1 Å². The molecule has 0 bridgehead atoms. The minimum absolute atomic E-state index is 0.164. The predicted octanol–water partition coefficient (Wildman–Crippen LogP) is 2.82. The lowest BCUT2D eigenvalue weighted by Crippen LogP contribution is -2.54. The van der Waals surface area contributed by atoms with E-state index in [4.69, 9.17) is 4.74 Å². The van der Waals surface area contributed by atoms with Crippen LogP contribution in [0.2, 0.25) is 0 Å². The summed E-state index contributed by atoms with van der Waals surface area (Å²) in [5.74, 6) is -0.177. The Balaban J connectivity index is 1.33. The second kappa shape index (κ2) is 10.8. The summed E-state index contributed by atoms with van der Waals surface area (Å²) < 4.78 is 19.6. The van der Waals surface area contributed by atoms with E-state index in [2.05, 4.69) is 10.6 Å². The Morgan fingerprint density at radius 3 is 2.79 bits per heavy atom. The highest BCUT2D eigenvalue weighted by Gasteiger charge is 2.32. The molecule has 1 aliphatic heterocycles. The van der Waals surface area contributed by atoms with E-state index in [1.54, 1.807) is 18.2 Å². The van der Waals surface area contributed by atoms with Gasteiger partial charge in [-0.25, -0.2) is 4.39 Å². The average molecular weight is 409 g/mol. The largest absolute Gasteiger partial charge is 0.378 e. The highest BCUT2D eigenvalue weighted by atomic mass is 32.2. The molecule has 1 heterocycles. The molecular weight excluding hydrogens is 379 g/mol. The monoisotopic (exact) mass is 408 g/mol. The SMILES string of the molecule is O=C(NCCCOC1CCCCC1)[C@@H]1CS[C@H](Cc2ccccc2F)C(=O)N1. The maximum Gasteiger partial charge on any atom is 0.243 e. The highest BCUT2D eigenvalue weighted by molar-refractivity contribution is 8.00. The Hall–Kier alpha value is -1.60. The maximum atomic E-state index is 13.8. The topological polar surface area (TPSA) is 67.4 Å². The zero-order valence-corrected chi connectivity index (χ0v) is 16.9. The standard InChI is InChI=1S/C21H29FN2O3S/c22-17-10-5-4-7-15(17)13-19-21(26)24-18(14-28-19)20(25)23-11-6-12-27-16-8-2-1-3-9-16/h4-5,7,10,16,18-19H,1-3,6,8-9,11-14H2,(H,23,25)(H,24,26)/t18-,19+/m0/s1. The number of hydrogen-bond donors (Lipinski definition) is 2. The van der Waals surface area contributed by atoms with Crippen LogP contribution in [-0.4, -0.2) is 48.1 Å². The van der Waals surface area contributed by atoms with Gasteiger partial charge in [0, 0.05) is 18.9 Å². The number of amides is 2. The molecule has 154 valence electrons. The van der Waals surface area contributed by atoms with Crippen molar-refractivity contribution in [3.8, 4) is 0 Å². The molecule has 2 amide bonds. The Bertz CT molecular complexity index is 667. The Labute approximate surface area is 170 Å². The van der Waals surface area contributed by atoms with Crippen LogP contribution in [0.15, 0.2) is 24.3 Å². The fourth-order valence-corrected chi connectivity index (χ4v) is 4.82. The number of carbonyl (C=O) groups excluding carboxylic acids is 2. The lowest BCUT2D eigenvalue weighted by molar-refractivity contribution is -0.128. The molecule has 1 aliphatic carbocycles. The molecule has 2 N–H and O–H groups in total. The van der Waals surface area contributed by atoms with Gasteiger partial charge in [-0.3, -0.25) is 9.59 Å². The number of halogens is 1. The molecule has 1 saturated carbocycles. The van der Waals surface area contributed by atoms with Crippen molar-refractivity contribution >= 4 is 23.6 Å². The first-order valence-electron chi connectivity index (χ1n) is 10.2. The van der Waals surface area contributed by atoms with Crippen LogP contribution in [0.4, 0.5) is 4.39 Å². The van der Waals surface area contributed by atoms with Crippen LogP contribution >= 0.6 is 11.8 Å². The Morgan fingerprint density at radius 2 is 2.04 bits per heavy atom. The zero-order chi connectivity index (χ0) is 19.8. The minimum Gasteiger partial charge on any atom is -0.378 e.